The minimum atomic E-state index is -0.785. The lowest BCUT2D eigenvalue weighted by Gasteiger charge is -2.32. The lowest BCUT2D eigenvalue weighted by atomic mass is 10.1. The Hall–Kier alpha value is -3.42. The summed E-state index contributed by atoms with van der Waals surface area (Å²) in [5.74, 6) is 0.00535. The van der Waals surface area contributed by atoms with Crippen molar-refractivity contribution < 1.29 is 19.1 Å². The lowest BCUT2D eigenvalue weighted by Crippen LogP contribution is -2.50. The molecule has 0 spiro atoms. The number of benzene rings is 2. The van der Waals surface area contributed by atoms with Gasteiger partial charge in [-0.2, -0.15) is 0 Å². The van der Waals surface area contributed by atoms with E-state index in [1.54, 1.807) is 4.90 Å². The zero-order chi connectivity index (χ0) is 22.3. The Morgan fingerprint density at radius 3 is 2.72 bits per heavy atom. The third kappa shape index (κ3) is 5.43. The summed E-state index contributed by atoms with van der Waals surface area (Å²) in [6.45, 7) is 1.30. The highest BCUT2D eigenvalue weighted by atomic mass is 32.1. The van der Waals surface area contributed by atoms with Crippen LogP contribution >= 0.6 is 11.3 Å². The van der Waals surface area contributed by atoms with Gasteiger partial charge in [0.15, 0.2) is 6.10 Å². The van der Waals surface area contributed by atoms with E-state index in [0.29, 0.717) is 18.7 Å². The smallest absolute Gasteiger partial charge is 0.255 e. The van der Waals surface area contributed by atoms with Gasteiger partial charge in [-0.15, -0.1) is 11.3 Å². The van der Waals surface area contributed by atoms with Gasteiger partial charge in [0.05, 0.1) is 18.7 Å². The van der Waals surface area contributed by atoms with Crippen molar-refractivity contribution in [2.24, 2.45) is 5.73 Å². The maximum atomic E-state index is 13.4. The second kappa shape index (κ2) is 10.3. The van der Waals surface area contributed by atoms with Gasteiger partial charge in [0.2, 0.25) is 5.91 Å². The molecule has 7 heteroatoms. The highest BCUT2D eigenvalue weighted by Crippen LogP contribution is 2.27. The van der Waals surface area contributed by atoms with Crippen molar-refractivity contribution in [2.45, 2.75) is 12.7 Å². The largest absolute Gasteiger partial charge is 0.489 e. The monoisotopic (exact) mass is 448 g/mol. The van der Waals surface area contributed by atoms with Crippen LogP contribution in [0.4, 0.5) is 0 Å². The molecule has 0 bridgehead atoms. The summed E-state index contributed by atoms with van der Waals surface area (Å²) >= 11 is 1.49. The van der Waals surface area contributed by atoms with E-state index in [1.165, 1.54) is 11.3 Å². The summed E-state index contributed by atoms with van der Waals surface area (Å²) in [5, 5.41) is 1.93. The molecule has 1 aliphatic rings. The zero-order valence-corrected chi connectivity index (χ0v) is 18.3. The third-order valence-electron chi connectivity index (χ3n) is 5.11. The molecular formula is C25H24N2O4S. The number of rotatable bonds is 7. The van der Waals surface area contributed by atoms with E-state index >= 15 is 0 Å². The first-order valence-corrected chi connectivity index (χ1v) is 11.2. The summed E-state index contributed by atoms with van der Waals surface area (Å²) in [4.78, 5) is 27.4. The van der Waals surface area contributed by atoms with Crippen molar-refractivity contribution in [2.75, 3.05) is 19.7 Å². The normalized spacial score (nSPS) is 16.6. The molecule has 1 unspecified atom stereocenters. The van der Waals surface area contributed by atoms with Crippen LogP contribution in [0, 0.1) is 0 Å². The van der Waals surface area contributed by atoms with Crippen molar-refractivity contribution in [3.05, 3.63) is 88.1 Å². The van der Waals surface area contributed by atoms with Crippen molar-refractivity contribution in [3.63, 3.8) is 0 Å². The number of carbonyl (C=O) groups is 2. The van der Waals surface area contributed by atoms with Crippen LogP contribution in [0.5, 0.6) is 5.75 Å². The molecule has 0 saturated carbocycles. The van der Waals surface area contributed by atoms with E-state index in [2.05, 4.69) is 0 Å². The van der Waals surface area contributed by atoms with E-state index < -0.39 is 12.0 Å². The molecule has 164 valence electrons. The van der Waals surface area contributed by atoms with Crippen molar-refractivity contribution in [1.82, 2.24) is 4.90 Å². The van der Waals surface area contributed by atoms with Crippen molar-refractivity contribution in [3.8, 4) is 5.75 Å². The molecule has 1 aromatic heterocycles. The number of morpholine rings is 1. The second-order valence-corrected chi connectivity index (χ2v) is 8.34. The van der Waals surface area contributed by atoms with Gasteiger partial charge in [0.25, 0.3) is 5.91 Å². The van der Waals surface area contributed by atoms with Crippen molar-refractivity contribution in [1.29, 1.82) is 0 Å². The lowest BCUT2D eigenvalue weighted by molar-refractivity contribution is -0.141. The Morgan fingerprint density at radius 2 is 1.97 bits per heavy atom. The first kappa shape index (κ1) is 21.8. The van der Waals surface area contributed by atoms with Gasteiger partial charge >= 0.3 is 0 Å². The van der Waals surface area contributed by atoms with E-state index in [-0.39, 0.29) is 19.1 Å². The Morgan fingerprint density at radius 1 is 1.12 bits per heavy atom. The molecule has 3 aromatic rings. The molecule has 1 fully saturated rings. The maximum absolute atomic E-state index is 13.4. The fourth-order valence-corrected chi connectivity index (χ4v) is 4.18. The molecule has 2 heterocycles. The predicted molar refractivity (Wildman–Crippen MR) is 125 cm³/mol. The Bertz CT molecular complexity index is 1100. The number of nitrogens with zero attached hydrogens (tertiary/aromatic N) is 1. The van der Waals surface area contributed by atoms with E-state index in [9.17, 15) is 9.59 Å². The number of hydrogen-bond donors (Lipinski definition) is 1. The van der Waals surface area contributed by atoms with Crippen LogP contribution in [-0.4, -0.2) is 42.5 Å². The molecule has 0 aliphatic carbocycles. The number of ether oxygens (including phenoxy) is 2. The van der Waals surface area contributed by atoms with Crippen LogP contribution in [0.25, 0.3) is 11.6 Å². The van der Waals surface area contributed by atoms with E-state index in [0.717, 1.165) is 21.8 Å². The molecule has 1 saturated heterocycles. The quantitative estimate of drug-likeness (QED) is 0.560. The Labute approximate surface area is 190 Å². The standard InChI is InChI=1S/C25H24N2O4S/c26-24(28)22-16-27(11-12-30-22)25(29)21(23-10-5-13-32-23)15-19-8-4-9-20(14-19)31-17-18-6-2-1-3-7-18/h1-10,13-15,22H,11-12,16-17H2,(H2,26,28). The molecule has 2 amide bonds. The van der Waals surface area contributed by atoms with Gasteiger partial charge in [-0.05, 0) is 40.8 Å². The van der Waals surface area contributed by atoms with Crippen molar-refractivity contribution >= 4 is 34.8 Å². The minimum Gasteiger partial charge on any atom is -0.489 e. The Kier molecular flexibility index (Phi) is 6.99. The number of amides is 2. The first-order chi connectivity index (χ1) is 15.6. The molecular weight excluding hydrogens is 424 g/mol. The van der Waals surface area contributed by atoms with E-state index in [4.69, 9.17) is 15.2 Å². The van der Waals surface area contributed by atoms with E-state index in [1.807, 2.05) is 78.2 Å². The van der Waals surface area contributed by atoms with Crippen LogP contribution in [0.1, 0.15) is 16.0 Å². The predicted octanol–water partition coefficient (Wildman–Crippen LogP) is 3.58. The molecule has 2 aromatic carbocycles. The molecule has 1 aliphatic heterocycles. The van der Waals surface area contributed by atoms with Gasteiger partial charge in [-0.3, -0.25) is 9.59 Å². The molecule has 1 atom stereocenters. The average Bonchev–Trinajstić information content (AvgIpc) is 3.36. The summed E-state index contributed by atoms with van der Waals surface area (Å²) in [6, 6.07) is 21.4. The molecule has 6 nitrogen and oxygen atoms in total. The number of hydrogen-bond acceptors (Lipinski definition) is 5. The van der Waals surface area contributed by atoms with Crippen LogP contribution in [-0.2, 0) is 20.9 Å². The van der Waals surface area contributed by atoms with Gasteiger partial charge in [-0.25, -0.2) is 0 Å². The molecule has 4 rings (SSSR count). The molecule has 0 radical (unpaired) electrons. The average molecular weight is 449 g/mol. The second-order valence-electron chi connectivity index (χ2n) is 7.40. The minimum absolute atomic E-state index is 0.150. The van der Waals surface area contributed by atoms with Gasteiger partial charge in [0.1, 0.15) is 12.4 Å². The van der Waals surface area contributed by atoms with Gasteiger partial charge in [-0.1, -0.05) is 48.5 Å². The summed E-state index contributed by atoms with van der Waals surface area (Å²) in [6.07, 6.45) is 1.07. The summed E-state index contributed by atoms with van der Waals surface area (Å²) in [5.41, 5.74) is 7.88. The fourth-order valence-electron chi connectivity index (χ4n) is 3.45. The number of nitrogens with two attached hydrogens (primary N) is 1. The first-order valence-electron chi connectivity index (χ1n) is 10.3. The number of thiophene rings is 1. The third-order valence-corrected chi connectivity index (χ3v) is 6.01. The maximum Gasteiger partial charge on any atom is 0.255 e. The zero-order valence-electron chi connectivity index (χ0n) is 17.5. The SMILES string of the molecule is NC(=O)C1CN(C(=O)C(=Cc2cccc(OCc3ccccc3)c2)c2cccs2)CCO1. The summed E-state index contributed by atoms with van der Waals surface area (Å²) in [7, 11) is 0. The highest BCUT2D eigenvalue weighted by molar-refractivity contribution is 7.11. The molecule has 32 heavy (non-hydrogen) atoms. The molecule has 2 N–H and O–H groups in total. The number of primary amides is 1. The van der Waals surface area contributed by atoms with Crippen LogP contribution in [0.2, 0.25) is 0 Å². The van der Waals surface area contributed by atoms with Gasteiger partial charge < -0.3 is 20.1 Å². The number of carbonyl (C=O) groups excluding carboxylic acids is 2. The highest BCUT2D eigenvalue weighted by Gasteiger charge is 2.30. The van der Waals surface area contributed by atoms with Crippen LogP contribution in [0.3, 0.4) is 0 Å². The Balaban J connectivity index is 1.56. The topological polar surface area (TPSA) is 81.9 Å². The van der Waals surface area contributed by atoms with Gasteiger partial charge in [0, 0.05) is 11.4 Å². The fraction of sp³-hybridized carbons (Fsp3) is 0.200. The summed E-state index contributed by atoms with van der Waals surface area (Å²) < 4.78 is 11.3. The van der Waals surface area contributed by atoms with Crippen LogP contribution in [0.15, 0.2) is 72.1 Å². The van der Waals surface area contributed by atoms with Crippen LogP contribution < -0.4 is 10.5 Å².